The molecule has 184 valence electrons. The lowest BCUT2D eigenvalue weighted by Crippen LogP contribution is -2.59. The lowest BCUT2D eigenvalue weighted by Gasteiger charge is -2.53. The summed E-state index contributed by atoms with van der Waals surface area (Å²) in [5, 5.41) is 0. The van der Waals surface area contributed by atoms with Crippen LogP contribution >= 0.6 is 0 Å². The molecule has 0 radical (unpaired) electrons. The van der Waals surface area contributed by atoms with Gasteiger partial charge in [-0.05, 0) is 57.3 Å². The Bertz CT molecular complexity index is 446. The third-order valence-electron chi connectivity index (χ3n) is 7.49. The Morgan fingerprint density at radius 3 is 1.77 bits per heavy atom. The number of ether oxygens (including phenoxy) is 4. The summed E-state index contributed by atoms with van der Waals surface area (Å²) in [6.45, 7) is 13.2. The van der Waals surface area contributed by atoms with Gasteiger partial charge in [-0.15, -0.1) is 0 Å². The van der Waals surface area contributed by atoms with Crippen LogP contribution in [0.15, 0.2) is 0 Å². The molecule has 0 aromatic heterocycles. The monoisotopic (exact) mass is 440 g/mol. The summed E-state index contributed by atoms with van der Waals surface area (Å²) < 4.78 is 25.9. The van der Waals surface area contributed by atoms with Gasteiger partial charge in [0.05, 0.1) is 37.4 Å². The van der Waals surface area contributed by atoms with Crippen LogP contribution in [0.1, 0.15) is 125 Å². The summed E-state index contributed by atoms with van der Waals surface area (Å²) >= 11 is 0. The lowest BCUT2D eigenvalue weighted by molar-refractivity contribution is -0.442. The minimum Gasteiger partial charge on any atom is -0.370 e. The first kappa shape index (κ1) is 27.1. The minimum absolute atomic E-state index is 0.117. The Morgan fingerprint density at radius 1 is 0.677 bits per heavy atom. The molecule has 0 bridgehead atoms. The molecule has 2 rings (SSSR count). The van der Waals surface area contributed by atoms with Gasteiger partial charge in [-0.25, -0.2) is 0 Å². The van der Waals surface area contributed by atoms with Crippen LogP contribution in [0.25, 0.3) is 0 Å². The number of unbranched alkanes of at least 4 members (excludes halogenated alkanes) is 5. The fourth-order valence-electron chi connectivity index (χ4n) is 5.68. The van der Waals surface area contributed by atoms with Crippen LogP contribution in [-0.4, -0.2) is 38.0 Å². The summed E-state index contributed by atoms with van der Waals surface area (Å²) in [6.07, 6.45) is 17.4. The quantitative estimate of drug-likeness (QED) is 0.118. The zero-order valence-electron chi connectivity index (χ0n) is 21.4. The second kappa shape index (κ2) is 14.2. The molecular weight excluding hydrogens is 388 g/mol. The maximum absolute atomic E-state index is 6.65. The first-order valence-corrected chi connectivity index (χ1v) is 13.7. The first-order valence-electron chi connectivity index (χ1n) is 13.7. The molecule has 0 spiro atoms. The van der Waals surface area contributed by atoms with E-state index in [4.69, 9.17) is 18.9 Å². The second-order valence-electron chi connectivity index (χ2n) is 9.85. The summed E-state index contributed by atoms with van der Waals surface area (Å²) in [5.74, 6) is -0.401. The Kier molecular flexibility index (Phi) is 12.4. The van der Waals surface area contributed by atoms with Gasteiger partial charge in [0.1, 0.15) is 0 Å². The zero-order valence-corrected chi connectivity index (χ0v) is 21.4. The number of fused-ring (bicyclic) bond motifs is 1. The third-order valence-corrected chi connectivity index (χ3v) is 7.49. The van der Waals surface area contributed by atoms with Gasteiger partial charge >= 0.3 is 0 Å². The Morgan fingerprint density at radius 2 is 1.26 bits per heavy atom. The molecule has 0 amide bonds. The van der Waals surface area contributed by atoms with E-state index in [0.29, 0.717) is 37.9 Å². The molecular formula is C27H52O4. The van der Waals surface area contributed by atoms with E-state index in [2.05, 4.69) is 34.6 Å². The van der Waals surface area contributed by atoms with Gasteiger partial charge in [0.25, 0.3) is 5.97 Å². The summed E-state index contributed by atoms with van der Waals surface area (Å²) in [4.78, 5) is 0. The molecule has 4 heteroatoms. The lowest BCUT2D eigenvalue weighted by atomic mass is 9.62. The maximum atomic E-state index is 6.65. The highest BCUT2D eigenvalue weighted by Gasteiger charge is 2.61. The molecule has 4 atom stereocenters. The van der Waals surface area contributed by atoms with Crippen LogP contribution in [0.4, 0.5) is 0 Å². The van der Waals surface area contributed by atoms with E-state index < -0.39 is 5.97 Å². The van der Waals surface area contributed by atoms with Gasteiger partial charge in [0.2, 0.25) is 0 Å². The normalized spacial score (nSPS) is 25.3. The van der Waals surface area contributed by atoms with Crippen molar-refractivity contribution in [2.45, 2.75) is 143 Å². The van der Waals surface area contributed by atoms with Crippen LogP contribution in [0.3, 0.4) is 0 Å². The van der Waals surface area contributed by atoms with Crippen molar-refractivity contribution in [2.24, 2.45) is 11.3 Å². The van der Waals surface area contributed by atoms with Gasteiger partial charge in [-0.2, -0.15) is 0 Å². The highest BCUT2D eigenvalue weighted by Crippen LogP contribution is 2.57. The molecule has 0 N–H and O–H groups in total. The van der Waals surface area contributed by atoms with Gasteiger partial charge in [-0.3, -0.25) is 0 Å². The van der Waals surface area contributed by atoms with Crippen LogP contribution in [-0.2, 0) is 18.9 Å². The maximum Gasteiger partial charge on any atom is 0.289 e. The molecule has 31 heavy (non-hydrogen) atoms. The minimum atomic E-state index is -0.931. The van der Waals surface area contributed by atoms with E-state index in [0.717, 1.165) is 38.5 Å². The van der Waals surface area contributed by atoms with E-state index in [1.807, 2.05) is 0 Å². The van der Waals surface area contributed by atoms with Crippen molar-refractivity contribution < 1.29 is 18.9 Å². The predicted octanol–water partition coefficient (Wildman–Crippen LogP) is 7.63. The molecule has 1 aliphatic heterocycles. The van der Waals surface area contributed by atoms with Gasteiger partial charge in [0, 0.05) is 0 Å². The van der Waals surface area contributed by atoms with E-state index in [1.165, 1.54) is 51.4 Å². The van der Waals surface area contributed by atoms with Gasteiger partial charge in [-0.1, -0.05) is 73.1 Å². The topological polar surface area (TPSA) is 40.2 Å². The SMILES string of the molecule is CCCCCCCCC(CC)(C1CCC2OC2C1)C(OCCC)(OCCC)OCCC. The van der Waals surface area contributed by atoms with Crippen LogP contribution in [0.5, 0.6) is 0 Å². The second-order valence-corrected chi connectivity index (χ2v) is 9.85. The summed E-state index contributed by atoms with van der Waals surface area (Å²) in [5.41, 5.74) is -0.117. The fourth-order valence-corrected chi connectivity index (χ4v) is 5.68. The molecule has 4 unspecified atom stereocenters. The van der Waals surface area contributed by atoms with Crippen LogP contribution in [0.2, 0.25) is 0 Å². The standard InChI is InChI=1S/C27H52O4/c1-6-11-12-13-14-15-18-26(10-5,23-16-17-24-25(22-23)31-24)27(28-19-7-2,29-20-8-3)30-21-9-4/h23-25H,6-22H2,1-5H3. The largest absolute Gasteiger partial charge is 0.370 e. The van der Waals surface area contributed by atoms with E-state index in [-0.39, 0.29) is 5.41 Å². The first-order chi connectivity index (χ1) is 15.1. The number of epoxide rings is 1. The fraction of sp³-hybridized carbons (Fsp3) is 1.00. The van der Waals surface area contributed by atoms with Crippen molar-refractivity contribution >= 4 is 0 Å². The van der Waals surface area contributed by atoms with Crippen molar-refractivity contribution in [1.82, 2.24) is 0 Å². The molecule has 2 fully saturated rings. The van der Waals surface area contributed by atoms with Crippen molar-refractivity contribution in [3.05, 3.63) is 0 Å². The predicted molar refractivity (Wildman–Crippen MR) is 128 cm³/mol. The van der Waals surface area contributed by atoms with E-state index >= 15 is 0 Å². The molecule has 1 saturated heterocycles. The number of hydrogen-bond donors (Lipinski definition) is 0. The average Bonchev–Trinajstić information content (AvgIpc) is 3.58. The van der Waals surface area contributed by atoms with Crippen molar-refractivity contribution in [1.29, 1.82) is 0 Å². The molecule has 1 saturated carbocycles. The van der Waals surface area contributed by atoms with E-state index in [9.17, 15) is 0 Å². The zero-order chi connectivity index (χ0) is 22.6. The highest BCUT2D eigenvalue weighted by molar-refractivity contribution is 5.02. The molecule has 0 aromatic rings. The van der Waals surface area contributed by atoms with Crippen molar-refractivity contribution in [3.63, 3.8) is 0 Å². The summed E-state index contributed by atoms with van der Waals surface area (Å²) in [6, 6.07) is 0. The molecule has 1 heterocycles. The summed E-state index contributed by atoms with van der Waals surface area (Å²) in [7, 11) is 0. The van der Waals surface area contributed by atoms with Crippen molar-refractivity contribution in [2.75, 3.05) is 19.8 Å². The number of rotatable bonds is 19. The van der Waals surface area contributed by atoms with Gasteiger partial charge < -0.3 is 18.9 Å². The molecule has 2 aliphatic rings. The van der Waals surface area contributed by atoms with E-state index in [1.54, 1.807) is 0 Å². The van der Waals surface area contributed by atoms with Crippen LogP contribution < -0.4 is 0 Å². The molecule has 0 aromatic carbocycles. The van der Waals surface area contributed by atoms with Crippen molar-refractivity contribution in [3.8, 4) is 0 Å². The number of hydrogen-bond acceptors (Lipinski definition) is 4. The average molecular weight is 441 g/mol. The smallest absolute Gasteiger partial charge is 0.289 e. The highest BCUT2D eigenvalue weighted by atomic mass is 16.9. The molecule has 1 aliphatic carbocycles. The third kappa shape index (κ3) is 7.16. The molecule has 4 nitrogen and oxygen atoms in total. The van der Waals surface area contributed by atoms with Crippen LogP contribution in [0, 0.1) is 11.3 Å². The Balaban J connectivity index is 2.29. The Labute approximate surface area is 193 Å². The van der Waals surface area contributed by atoms with Gasteiger partial charge in [0.15, 0.2) is 0 Å². The Hall–Kier alpha value is -0.160.